The molecular weight excluding hydrogens is 516 g/mol. The smallest absolute Gasteiger partial charge is 0.308 e. The second-order valence-corrected chi connectivity index (χ2v) is 11.0. The number of aliphatic hydroxyl groups is 1. The zero-order valence-corrected chi connectivity index (χ0v) is 23.6. The van der Waals surface area contributed by atoms with Crippen LogP contribution in [0.15, 0.2) is 12.1 Å². The monoisotopic (exact) mass is 560 g/mol. The number of amides is 2. The van der Waals surface area contributed by atoms with Gasteiger partial charge in [-0.3, -0.25) is 19.3 Å². The second-order valence-electron chi connectivity index (χ2n) is 11.0. The topological polar surface area (TPSA) is 146 Å². The van der Waals surface area contributed by atoms with E-state index in [1.165, 1.54) is 0 Å². The number of nitrogens with two attached hydrogens (primary N) is 1. The van der Waals surface area contributed by atoms with Gasteiger partial charge in [-0.25, -0.2) is 0 Å². The van der Waals surface area contributed by atoms with E-state index >= 15 is 0 Å². The number of fused-ring (bicyclic) bond motifs is 1. The number of carboxylic acids is 1. The summed E-state index contributed by atoms with van der Waals surface area (Å²) in [6.07, 6.45) is 5.33. The summed E-state index contributed by atoms with van der Waals surface area (Å²) in [6, 6.07) is 3.16. The Morgan fingerprint density at radius 1 is 1.18 bits per heavy atom. The molecule has 0 radical (unpaired) electrons. The molecule has 3 aliphatic rings. The van der Waals surface area contributed by atoms with Gasteiger partial charge in [-0.15, -0.1) is 0 Å². The predicted octanol–water partition coefficient (Wildman–Crippen LogP) is 1.76. The number of hydrogen-bond donors (Lipinski definition) is 3. The van der Waals surface area contributed by atoms with Crippen LogP contribution in [0.3, 0.4) is 0 Å². The van der Waals surface area contributed by atoms with E-state index in [2.05, 4.69) is 6.92 Å². The van der Waals surface area contributed by atoms with Crippen LogP contribution in [-0.2, 0) is 21.0 Å². The van der Waals surface area contributed by atoms with Crippen molar-refractivity contribution < 1.29 is 34.1 Å². The van der Waals surface area contributed by atoms with Crippen molar-refractivity contribution in [1.82, 2.24) is 14.7 Å². The van der Waals surface area contributed by atoms with Gasteiger partial charge in [-0.1, -0.05) is 13.3 Å². The number of hydrogen-bond acceptors (Lipinski definition) is 8. The van der Waals surface area contributed by atoms with Crippen LogP contribution in [0, 0.1) is 5.92 Å². The summed E-state index contributed by atoms with van der Waals surface area (Å²) in [5, 5.41) is 20.4. The van der Waals surface area contributed by atoms with Gasteiger partial charge < -0.3 is 35.2 Å². The number of likely N-dealkylation sites (tertiary alicyclic amines) is 2. The highest BCUT2D eigenvalue weighted by Gasteiger charge is 2.47. The van der Waals surface area contributed by atoms with Crippen LogP contribution < -0.4 is 15.2 Å². The van der Waals surface area contributed by atoms with Crippen molar-refractivity contribution in [2.75, 3.05) is 52.6 Å². The van der Waals surface area contributed by atoms with E-state index in [1.54, 1.807) is 17.0 Å². The number of carbonyl (C=O) groups excluding carboxylic acids is 2. The van der Waals surface area contributed by atoms with Gasteiger partial charge >= 0.3 is 5.97 Å². The average Bonchev–Trinajstić information content (AvgIpc) is 3.67. The Morgan fingerprint density at radius 3 is 2.65 bits per heavy atom. The lowest BCUT2D eigenvalue weighted by atomic mass is 9.83. The number of rotatable bonds is 15. The Bertz CT molecular complexity index is 1050. The van der Waals surface area contributed by atoms with E-state index in [9.17, 15) is 24.6 Å². The standard InChI is InChI=1S/C29H44N4O7/c1-2-3-10-31(11-5-4-9-30)26(36)17-33-16-22(20-14-21(18-34)28-24(15-20)39-19-40-28)27(29(37)38)23(33)8-13-32-12-6-7-25(32)35/h14-15,22-23,27,34H,2-13,16-19,30H2,1H3,(H,37,38)/t22-,23+,27-/m1/s1. The summed E-state index contributed by atoms with van der Waals surface area (Å²) in [7, 11) is 0. The minimum Gasteiger partial charge on any atom is -0.481 e. The molecule has 11 heteroatoms. The molecular formula is C29H44N4O7. The first-order valence-corrected chi connectivity index (χ1v) is 14.6. The number of carbonyl (C=O) groups is 3. The van der Waals surface area contributed by atoms with E-state index in [4.69, 9.17) is 15.2 Å². The zero-order chi connectivity index (χ0) is 28.6. The van der Waals surface area contributed by atoms with Crippen molar-refractivity contribution in [2.45, 2.75) is 70.4 Å². The fraction of sp³-hybridized carbons (Fsp3) is 0.690. The molecule has 0 bridgehead atoms. The number of ether oxygens (including phenoxy) is 2. The van der Waals surface area contributed by atoms with E-state index in [0.29, 0.717) is 69.2 Å². The highest BCUT2D eigenvalue weighted by Crippen LogP contribution is 2.44. The summed E-state index contributed by atoms with van der Waals surface area (Å²) < 4.78 is 11.1. The number of unbranched alkanes of at least 4 members (excludes halogenated alkanes) is 2. The molecule has 0 unspecified atom stereocenters. The first-order chi connectivity index (χ1) is 19.4. The number of aliphatic hydroxyl groups excluding tert-OH is 1. The first-order valence-electron chi connectivity index (χ1n) is 14.6. The fourth-order valence-electron chi connectivity index (χ4n) is 6.29. The van der Waals surface area contributed by atoms with Gasteiger partial charge in [0.15, 0.2) is 11.5 Å². The van der Waals surface area contributed by atoms with Crippen LogP contribution in [0.1, 0.15) is 68.9 Å². The molecule has 3 aliphatic heterocycles. The third-order valence-electron chi connectivity index (χ3n) is 8.42. The lowest BCUT2D eigenvalue weighted by Crippen LogP contribution is -2.45. The molecule has 1 aromatic carbocycles. The third kappa shape index (κ3) is 6.87. The number of benzene rings is 1. The van der Waals surface area contributed by atoms with Gasteiger partial charge in [0.25, 0.3) is 0 Å². The Morgan fingerprint density at radius 2 is 1.98 bits per heavy atom. The number of carboxylic acid groups (broad SMARTS) is 1. The molecule has 40 heavy (non-hydrogen) atoms. The van der Waals surface area contributed by atoms with Crippen molar-refractivity contribution in [3.63, 3.8) is 0 Å². The summed E-state index contributed by atoms with van der Waals surface area (Å²) in [5.41, 5.74) is 6.97. The molecule has 0 spiro atoms. The molecule has 0 aromatic heterocycles. The maximum absolute atomic E-state index is 13.6. The minimum absolute atomic E-state index is 0.0146. The van der Waals surface area contributed by atoms with E-state index in [1.807, 2.05) is 9.80 Å². The normalized spacial score (nSPS) is 22.3. The van der Waals surface area contributed by atoms with Crippen molar-refractivity contribution in [3.8, 4) is 11.5 Å². The Kier molecular flexibility index (Phi) is 10.6. The first kappa shape index (κ1) is 30.1. The maximum atomic E-state index is 13.6. The molecule has 4 rings (SSSR count). The molecule has 2 saturated heterocycles. The Labute approximate surface area is 236 Å². The van der Waals surface area contributed by atoms with Gasteiger partial charge in [0.05, 0.1) is 19.1 Å². The molecule has 0 aliphatic carbocycles. The highest BCUT2D eigenvalue weighted by atomic mass is 16.7. The lowest BCUT2D eigenvalue weighted by Gasteiger charge is -2.30. The highest BCUT2D eigenvalue weighted by molar-refractivity contribution is 5.79. The van der Waals surface area contributed by atoms with Crippen molar-refractivity contribution in [2.24, 2.45) is 11.7 Å². The third-order valence-corrected chi connectivity index (χ3v) is 8.42. The average molecular weight is 561 g/mol. The van der Waals surface area contributed by atoms with Gasteiger partial charge in [-0.2, -0.15) is 0 Å². The van der Waals surface area contributed by atoms with E-state index in [0.717, 1.165) is 37.7 Å². The van der Waals surface area contributed by atoms with Crippen molar-refractivity contribution in [1.29, 1.82) is 0 Å². The molecule has 4 N–H and O–H groups in total. The van der Waals surface area contributed by atoms with Gasteiger partial charge in [-0.05, 0) is 56.3 Å². The van der Waals surface area contributed by atoms with Crippen molar-refractivity contribution >= 4 is 17.8 Å². The fourth-order valence-corrected chi connectivity index (χ4v) is 6.29. The minimum atomic E-state index is -0.938. The molecule has 11 nitrogen and oxygen atoms in total. The zero-order valence-electron chi connectivity index (χ0n) is 23.6. The van der Waals surface area contributed by atoms with Crippen LogP contribution in [0.4, 0.5) is 0 Å². The number of nitrogens with zero attached hydrogens (tertiary/aromatic N) is 3. The van der Waals surface area contributed by atoms with Gasteiger partial charge in [0.2, 0.25) is 18.6 Å². The molecule has 2 fully saturated rings. The lowest BCUT2D eigenvalue weighted by molar-refractivity contribution is -0.144. The van der Waals surface area contributed by atoms with Crippen LogP contribution in [-0.4, -0.2) is 101 Å². The molecule has 0 saturated carbocycles. The van der Waals surface area contributed by atoms with Crippen LogP contribution in [0.25, 0.3) is 0 Å². The summed E-state index contributed by atoms with van der Waals surface area (Å²) in [6.45, 7) is 5.37. The SMILES string of the molecule is CCCCN(CCCCN)C(=O)CN1C[C@H](c2cc(CO)c3c(c2)OCO3)[C@@H](C(=O)O)[C@@H]1CCN1CCCC1=O. The summed E-state index contributed by atoms with van der Waals surface area (Å²) >= 11 is 0. The van der Waals surface area contributed by atoms with Crippen LogP contribution >= 0.6 is 0 Å². The van der Waals surface area contributed by atoms with Gasteiger partial charge in [0, 0.05) is 56.7 Å². The summed E-state index contributed by atoms with van der Waals surface area (Å²) in [4.78, 5) is 44.4. The molecule has 1 aromatic rings. The summed E-state index contributed by atoms with van der Waals surface area (Å²) in [5.74, 6) is -1.10. The maximum Gasteiger partial charge on any atom is 0.308 e. The largest absolute Gasteiger partial charge is 0.481 e. The van der Waals surface area contributed by atoms with E-state index < -0.39 is 23.8 Å². The Balaban J connectivity index is 1.60. The predicted molar refractivity (Wildman–Crippen MR) is 148 cm³/mol. The number of aliphatic carboxylic acids is 1. The van der Waals surface area contributed by atoms with Crippen LogP contribution in [0.5, 0.6) is 11.5 Å². The van der Waals surface area contributed by atoms with Crippen LogP contribution in [0.2, 0.25) is 0 Å². The van der Waals surface area contributed by atoms with Gasteiger partial charge in [0.1, 0.15) is 0 Å². The quantitative estimate of drug-likeness (QED) is 0.273. The Hall–Kier alpha value is -2.89. The van der Waals surface area contributed by atoms with Crippen molar-refractivity contribution in [3.05, 3.63) is 23.3 Å². The van der Waals surface area contributed by atoms with E-state index in [-0.39, 0.29) is 31.8 Å². The molecule has 3 heterocycles. The molecule has 3 atom stereocenters. The molecule has 222 valence electrons. The molecule has 2 amide bonds. The second kappa shape index (κ2) is 14.1.